The number of aromatic amines is 1. The van der Waals surface area contributed by atoms with Crippen molar-refractivity contribution in [3.63, 3.8) is 0 Å². The van der Waals surface area contributed by atoms with Crippen LogP contribution in [0.2, 0.25) is 5.02 Å². The Balaban J connectivity index is 1.72. The monoisotopic (exact) mass is 404 g/mol. The average molecular weight is 405 g/mol. The van der Waals surface area contributed by atoms with Gasteiger partial charge in [0.15, 0.2) is 5.49 Å². The Hall–Kier alpha value is -2.46. The zero-order valence-corrected chi connectivity index (χ0v) is 15.8. The van der Waals surface area contributed by atoms with Gasteiger partial charge in [-0.2, -0.15) is 10.2 Å². The van der Waals surface area contributed by atoms with Crippen LogP contribution in [0.15, 0.2) is 41.9 Å². The molecule has 5 atom stereocenters. The van der Waals surface area contributed by atoms with Crippen molar-refractivity contribution in [1.29, 1.82) is 0 Å². The highest BCUT2D eigenvalue weighted by Gasteiger charge is 2.51. The molecule has 1 fully saturated rings. The van der Waals surface area contributed by atoms with Crippen molar-refractivity contribution >= 4 is 22.6 Å². The number of hydrogen-bond acceptors (Lipinski definition) is 7. The predicted octanol–water partition coefficient (Wildman–Crippen LogP) is 0.378. The summed E-state index contributed by atoms with van der Waals surface area (Å²) in [5, 5.41) is 41.7. The molecular weight excluding hydrogens is 384 g/mol. The summed E-state index contributed by atoms with van der Waals surface area (Å²) in [6.07, 6.45) is 1.03. The fourth-order valence-electron chi connectivity index (χ4n) is 4.06. The molecule has 10 heteroatoms. The van der Waals surface area contributed by atoms with E-state index in [4.69, 9.17) is 17.4 Å². The quantitative estimate of drug-likeness (QED) is 0.315. The van der Waals surface area contributed by atoms with Gasteiger partial charge in [-0.05, 0) is 31.0 Å². The molecule has 6 N–H and O–H groups in total. The number of hydrogen-bond donors (Lipinski definition) is 5. The Morgan fingerprint density at radius 1 is 1.29 bits per heavy atom. The number of H-pyrrole nitrogens is 1. The SMILES string of the molecule is CC(O)(c1ccc(Cl)cc1)[C@H]1C[C@@H](n2ncc3/c(=N\N)nc[nH]c32)[C@H](O)[C@@H]1O. The molecule has 0 bridgehead atoms. The topological polar surface area (TPSA) is 146 Å². The van der Waals surface area contributed by atoms with Crippen LogP contribution in [0.3, 0.4) is 0 Å². The van der Waals surface area contributed by atoms with E-state index >= 15 is 0 Å². The minimum absolute atomic E-state index is 0.306. The summed E-state index contributed by atoms with van der Waals surface area (Å²) in [7, 11) is 0. The molecule has 0 amide bonds. The highest BCUT2D eigenvalue weighted by molar-refractivity contribution is 6.30. The van der Waals surface area contributed by atoms with Gasteiger partial charge in [0.05, 0.1) is 35.7 Å². The molecule has 1 aliphatic carbocycles. The van der Waals surface area contributed by atoms with Gasteiger partial charge in [0.25, 0.3) is 0 Å². The molecular formula is C18H21ClN6O3. The van der Waals surface area contributed by atoms with Gasteiger partial charge in [0.2, 0.25) is 0 Å². The van der Waals surface area contributed by atoms with Gasteiger partial charge in [0, 0.05) is 10.9 Å². The summed E-state index contributed by atoms with van der Waals surface area (Å²) in [5.74, 6) is 4.74. The van der Waals surface area contributed by atoms with E-state index in [0.717, 1.165) is 0 Å². The number of aliphatic hydroxyl groups is 3. The van der Waals surface area contributed by atoms with E-state index in [0.29, 0.717) is 33.5 Å². The van der Waals surface area contributed by atoms with Gasteiger partial charge < -0.3 is 26.1 Å². The van der Waals surface area contributed by atoms with Crippen LogP contribution in [-0.4, -0.2) is 47.3 Å². The first kappa shape index (κ1) is 18.9. The smallest absolute Gasteiger partial charge is 0.185 e. The van der Waals surface area contributed by atoms with Crippen molar-refractivity contribution in [2.75, 3.05) is 0 Å². The second-order valence-corrected chi connectivity index (χ2v) is 7.69. The molecule has 28 heavy (non-hydrogen) atoms. The summed E-state index contributed by atoms with van der Waals surface area (Å²) in [6, 6.07) is 6.24. The van der Waals surface area contributed by atoms with Crippen LogP contribution in [0, 0.1) is 5.92 Å². The van der Waals surface area contributed by atoms with E-state index in [1.165, 1.54) is 6.33 Å². The first-order chi connectivity index (χ1) is 13.3. The number of nitrogens with two attached hydrogens (primary N) is 1. The van der Waals surface area contributed by atoms with E-state index in [1.54, 1.807) is 42.1 Å². The maximum Gasteiger partial charge on any atom is 0.185 e. The number of aromatic nitrogens is 4. The molecule has 148 valence electrons. The standard InChI is InChI=1S/C18H21ClN6O3/c1-18(28,9-2-4-10(19)5-3-9)12-6-13(15(27)14(12)26)25-17-11(7-23-25)16(24-20)21-8-22-17/h2-5,7-8,12-15,26-28H,6,20H2,1H3,(H,21,22,24)/t12-,13+,14+,15-,18?/m0/s1. The average Bonchev–Trinajstić information content (AvgIpc) is 3.24. The fourth-order valence-corrected chi connectivity index (χ4v) is 4.19. The van der Waals surface area contributed by atoms with E-state index in [2.05, 4.69) is 20.2 Å². The van der Waals surface area contributed by atoms with Gasteiger partial charge in [-0.3, -0.25) is 0 Å². The number of nitrogens with one attached hydrogen (secondary N) is 1. The Bertz CT molecular complexity index is 1060. The van der Waals surface area contributed by atoms with E-state index in [-0.39, 0.29) is 0 Å². The lowest BCUT2D eigenvalue weighted by molar-refractivity contribution is -0.0753. The molecule has 1 unspecified atom stereocenters. The molecule has 1 aliphatic rings. The number of nitrogens with zero attached hydrogens (tertiary/aromatic N) is 4. The zero-order chi connectivity index (χ0) is 20.1. The van der Waals surface area contributed by atoms with Gasteiger partial charge in [-0.15, -0.1) is 0 Å². The normalized spacial score (nSPS) is 28.0. The molecule has 9 nitrogen and oxygen atoms in total. The van der Waals surface area contributed by atoms with Crippen LogP contribution in [0.5, 0.6) is 0 Å². The summed E-state index contributed by atoms with van der Waals surface area (Å²) >= 11 is 5.94. The molecule has 1 saturated carbocycles. The van der Waals surface area contributed by atoms with Crippen LogP contribution in [0.25, 0.3) is 11.0 Å². The highest BCUT2D eigenvalue weighted by Crippen LogP contribution is 2.45. The number of halogens is 1. The third kappa shape index (κ3) is 2.87. The first-order valence-corrected chi connectivity index (χ1v) is 9.21. The maximum absolute atomic E-state index is 11.2. The fraction of sp³-hybridized carbons (Fsp3) is 0.389. The Kier molecular flexibility index (Phi) is 4.62. The predicted molar refractivity (Wildman–Crippen MR) is 102 cm³/mol. The van der Waals surface area contributed by atoms with E-state index in [9.17, 15) is 15.3 Å². The molecule has 2 heterocycles. The molecule has 0 saturated heterocycles. The summed E-state index contributed by atoms with van der Waals surface area (Å²) in [4.78, 5) is 7.02. The Labute approximate surface area is 165 Å². The third-order valence-corrected chi connectivity index (χ3v) is 5.92. The number of rotatable bonds is 3. The van der Waals surface area contributed by atoms with Crippen molar-refractivity contribution in [2.24, 2.45) is 16.9 Å². The van der Waals surface area contributed by atoms with E-state index < -0.39 is 29.8 Å². The van der Waals surface area contributed by atoms with Crippen LogP contribution in [0.4, 0.5) is 0 Å². The Morgan fingerprint density at radius 2 is 2.00 bits per heavy atom. The highest BCUT2D eigenvalue weighted by atomic mass is 35.5. The molecule has 0 radical (unpaired) electrons. The van der Waals surface area contributed by atoms with Crippen molar-refractivity contribution in [1.82, 2.24) is 19.7 Å². The molecule has 1 aromatic carbocycles. The molecule has 4 rings (SSSR count). The molecule has 3 aromatic rings. The number of fused-ring (bicyclic) bond motifs is 1. The number of aliphatic hydroxyl groups excluding tert-OH is 2. The van der Waals surface area contributed by atoms with Crippen LogP contribution >= 0.6 is 11.6 Å². The lowest BCUT2D eigenvalue weighted by Crippen LogP contribution is -2.40. The molecule has 0 aliphatic heterocycles. The Morgan fingerprint density at radius 3 is 2.68 bits per heavy atom. The summed E-state index contributed by atoms with van der Waals surface area (Å²) < 4.78 is 1.58. The lowest BCUT2D eigenvalue weighted by Gasteiger charge is -2.33. The van der Waals surface area contributed by atoms with Gasteiger partial charge in [-0.25, -0.2) is 9.67 Å². The minimum Gasteiger partial charge on any atom is -0.390 e. The lowest BCUT2D eigenvalue weighted by atomic mass is 9.80. The summed E-state index contributed by atoms with van der Waals surface area (Å²) in [5.41, 5.74) is 0.130. The second-order valence-electron chi connectivity index (χ2n) is 7.25. The van der Waals surface area contributed by atoms with Gasteiger partial charge in [0.1, 0.15) is 11.8 Å². The van der Waals surface area contributed by atoms with Crippen molar-refractivity contribution in [2.45, 2.75) is 37.2 Å². The van der Waals surface area contributed by atoms with Crippen LogP contribution < -0.4 is 11.3 Å². The van der Waals surface area contributed by atoms with Gasteiger partial charge in [-0.1, -0.05) is 23.7 Å². The largest absolute Gasteiger partial charge is 0.390 e. The third-order valence-electron chi connectivity index (χ3n) is 5.66. The van der Waals surface area contributed by atoms with Crippen molar-refractivity contribution in [3.05, 3.63) is 52.9 Å². The van der Waals surface area contributed by atoms with Crippen LogP contribution in [-0.2, 0) is 5.60 Å². The van der Waals surface area contributed by atoms with Crippen molar-refractivity contribution < 1.29 is 15.3 Å². The first-order valence-electron chi connectivity index (χ1n) is 8.84. The van der Waals surface area contributed by atoms with Crippen molar-refractivity contribution in [3.8, 4) is 0 Å². The number of benzene rings is 1. The molecule has 2 aromatic heterocycles. The second kappa shape index (κ2) is 6.85. The van der Waals surface area contributed by atoms with Crippen LogP contribution in [0.1, 0.15) is 24.9 Å². The maximum atomic E-state index is 11.2. The van der Waals surface area contributed by atoms with E-state index in [1.807, 2.05) is 0 Å². The minimum atomic E-state index is -1.37. The molecule has 0 spiro atoms. The zero-order valence-electron chi connectivity index (χ0n) is 15.1. The van der Waals surface area contributed by atoms with Gasteiger partial charge >= 0.3 is 0 Å². The summed E-state index contributed by atoms with van der Waals surface area (Å²) in [6.45, 7) is 1.63.